The highest BCUT2D eigenvalue weighted by molar-refractivity contribution is 5.34. The van der Waals surface area contributed by atoms with Gasteiger partial charge in [-0.15, -0.1) is 6.42 Å². The molecule has 0 unspecified atom stereocenters. The van der Waals surface area contributed by atoms with Crippen molar-refractivity contribution in [3.8, 4) is 12.3 Å². The Morgan fingerprint density at radius 2 is 2.29 bits per heavy atom. The van der Waals surface area contributed by atoms with Crippen molar-refractivity contribution in [2.24, 2.45) is 0 Å². The Morgan fingerprint density at radius 1 is 1.64 bits per heavy atom. The van der Waals surface area contributed by atoms with Gasteiger partial charge in [-0.05, 0) is 6.92 Å². The van der Waals surface area contributed by atoms with Gasteiger partial charge in [-0.1, -0.05) is 5.92 Å². The number of hydrogen-bond donors (Lipinski definition) is 0. The molecule has 0 aliphatic carbocycles. The molecule has 72 valence electrons. The molecule has 0 saturated heterocycles. The predicted octanol–water partition coefficient (Wildman–Crippen LogP) is 0.698. The largest absolute Gasteiger partial charge is 0.295 e. The summed E-state index contributed by atoms with van der Waals surface area (Å²) in [5.74, 6) is 2.27. The first-order chi connectivity index (χ1) is 6.57. The summed E-state index contributed by atoms with van der Waals surface area (Å²) in [6.07, 6.45) is 5.04. The van der Waals surface area contributed by atoms with Crippen molar-refractivity contribution in [2.45, 2.75) is 13.5 Å². The van der Waals surface area contributed by atoms with Gasteiger partial charge >= 0.3 is 0 Å². The molecule has 0 aliphatic rings. The number of nitro groups is 1. The molecule has 0 amide bonds. The van der Waals surface area contributed by atoms with E-state index in [2.05, 4.69) is 5.92 Å². The lowest BCUT2D eigenvalue weighted by atomic mass is 10.3. The Labute approximate surface area is 80.1 Å². The number of hydrogen-bond acceptors (Lipinski definition) is 3. The molecule has 0 bridgehead atoms. The highest BCUT2D eigenvalue weighted by Gasteiger charge is 2.13. The van der Waals surface area contributed by atoms with Crippen LogP contribution in [0, 0.1) is 29.4 Å². The zero-order chi connectivity index (χ0) is 10.7. The molecule has 0 atom stereocenters. The molecule has 5 nitrogen and oxygen atoms in total. The molecule has 0 aliphatic heterocycles. The van der Waals surface area contributed by atoms with Crippen LogP contribution in [0.4, 0.5) is 5.69 Å². The number of terminal acetylenes is 1. The number of nitrogens with zero attached hydrogens (tertiary/aromatic N) is 2. The van der Waals surface area contributed by atoms with Crippen molar-refractivity contribution in [2.75, 3.05) is 0 Å². The third kappa shape index (κ3) is 1.64. The summed E-state index contributed by atoms with van der Waals surface area (Å²) >= 11 is 0. The lowest BCUT2D eigenvalue weighted by Gasteiger charge is -2.05. The minimum atomic E-state index is -0.540. The van der Waals surface area contributed by atoms with E-state index in [-0.39, 0.29) is 23.5 Å². The zero-order valence-corrected chi connectivity index (χ0v) is 7.56. The second-order valence-electron chi connectivity index (χ2n) is 2.69. The van der Waals surface area contributed by atoms with E-state index in [0.29, 0.717) is 0 Å². The van der Waals surface area contributed by atoms with E-state index < -0.39 is 4.92 Å². The Balaban J connectivity index is 3.42. The highest BCUT2D eigenvalue weighted by atomic mass is 16.6. The van der Waals surface area contributed by atoms with Gasteiger partial charge in [0.1, 0.15) is 0 Å². The van der Waals surface area contributed by atoms with Crippen LogP contribution in [-0.2, 0) is 6.54 Å². The van der Waals surface area contributed by atoms with E-state index in [4.69, 9.17) is 6.42 Å². The van der Waals surface area contributed by atoms with E-state index >= 15 is 0 Å². The Hall–Kier alpha value is -2.09. The van der Waals surface area contributed by atoms with Crippen molar-refractivity contribution in [3.05, 3.63) is 38.3 Å². The fourth-order valence-corrected chi connectivity index (χ4v) is 1.15. The van der Waals surface area contributed by atoms with Crippen molar-refractivity contribution < 1.29 is 4.92 Å². The van der Waals surface area contributed by atoms with E-state index in [1.54, 1.807) is 0 Å². The lowest BCUT2D eigenvalue weighted by molar-refractivity contribution is -0.386. The summed E-state index contributed by atoms with van der Waals surface area (Å²) in [4.78, 5) is 21.2. The zero-order valence-electron chi connectivity index (χ0n) is 7.56. The second-order valence-corrected chi connectivity index (χ2v) is 2.69. The van der Waals surface area contributed by atoms with Crippen LogP contribution in [0.25, 0.3) is 0 Å². The van der Waals surface area contributed by atoms with Gasteiger partial charge in [0.05, 0.1) is 17.2 Å². The van der Waals surface area contributed by atoms with E-state index in [9.17, 15) is 14.9 Å². The number of aromatic nitrogens is 1. The fourth-order valence-electron chi connectivity index (χ4n) is 1.15. The summed E-state index contributed by atoms with van der Waals surface area (Å²) in [5, 5.41) is 10.5. The van der Waals surface area contributed by atoms with Crippen molar-refractivity contribution in [1.82, 2.24) is 4.57 Å². The van der Waals surface area contributed by atoms with Crippen LogP contribution >= 0.6 is 0 Å². The van der Waals surface area contributed by atoms with Crippen LogP contribution in [0.5, 0.6) is 0 Å². The predicted molar refractivity (Wildman–Crippen MR) is 50.9 cm³/mol. The third-order valence-corrected chi connectivity index (χ3v) is 1.87. The van der Waals surface area contributed by atoms with Gasteiger partial charge in [-0.2, -0.15) is 0 Å². The standard InChI is InChI=1S/C9H8N2O3/c1-3-6-10-7(2)8(11(13)14)4-5-9(10)12/h1,4-5H,6H2,2H3. The van der Waals surface area contributed by atoms with E-state index in [1.165, 1.54) is 17.6 Å². The smallest absolute Gasteiger partial charge is 0.288 e. The van der Waals surface area contributed by atoms with Crippen LogP contribution in [0.15, 0.2) is 16.9 Å². The quantitative estimate of drug-likeness (QED) is 0.393. The maximum absolute atomic E-state index is 11.2. The molecule has 1 heterocycles. The minimum absolute atomic E-state index is 0.0480. The molecule has 0 N–H and O–H groups in total. The Morgan fingerprint density at radius 3 is 2.79 bits per heavy atom. The van der Waals surface area contributed by atoms with Gasteiger partial charge < -0.3 is 0 Å². The maximum atomic E-state index is 11.2. The molecule has 0 saturated carbocycles. The summed E-state index contributed by atoms with van der Waals surface area (Å²) in [7, 11) is 0. The molecule has 0 radical (unpaired) electrons. The van der Waals surface area contributed by atoms with Crippen LogP contribution in [-0.4, -0.2) is 9.49 Å². The third-order valence-electron chi connectivity index (χ3n) is 1.87. The van der Waals surface area contributed by atoms with Gasteiger partial charge in [0.25, 0.3) is 11.2 Å². The molecule has 1 aromatic rings. The second kappa shape index (κ2) is 3.75. The molecule has 1 aromatic heterocycles. The first-order valence-electron chi connectivity index (χ1n) is 3.86. The van der Waals surface area contributed by atoms with Crippen LogP contribution < -0.4 is 5.56 Å². The van der Waals surface area contributed by atoms with Gasteiger partial charge in [-0.3, -0.25) is 19.5 Å². The first-order valence-corrected chi connectivity index (χ1v) is 3.86. The average molecular weight is 192 g/mol. The van der Waals surface area contributed by atoms with Gasteiger partial charge in [0.2, 0.25) is 0 Å². The number of pyridine rings is 1. The molecule has 1 rings (SSSR count). The fraction of sp³-hybridized carbons (Fsp3) is 0.222. The van der Waals surface area contributed by atoms with Crippen molar-refractivity contribution in [1.29, 1.82) is 0 Å². The molecule has 0 fully saturated rings. The molecule has 5 heteroatoms. The van der Waals surface area contributed by atoms with Gasteiger partial charge in [0, 0.05) is 12.1 Å². The van der Waals surface area contributed by atoms with Crippen LogP contribution in [0.2, 0.25) is 0 Å². The summed E-state index contributed by atoms with van der Waals surface area (Å²) in [6.45, 7) is 1.54. The lowest BCUT2D eigenvalue weighted by Crippen LogP contribution is -2.21. The first kappa shape index (κ1) is 9.99. The monoisotopic (exact) mass is 192 g/mol. The van der Waals surface area contributed by atoms with Gasteiger partial charge in [-0.25, -0.2) is 0 Å². The maximum Gasteiger partial charge on any atom is 0.288 e. The SMILES string of the molecule is C#CCn1c(C)c([N+](=O)[O-])ccc1=O. The Bertz CT molecular complexity index is 468. The van der Waals surface area contributed by atoms with E-state index in [0.717, 1.165) is 6.07 Å². The Kier molecular flexibility index (Phi) is 2.67. The molecule has 0 aromatic carbocycles. The van der Waals surface area contributed by atoms with E-state index in [1.807, 2.05) is 0 Å². The number of rotatable bonds is 2. The summed E-state index contributed by atoms with van der Waals surface area (Å²) in [6, 6.07) is 2.33. The topological polar surface area (TPSA) is 65.1 Å². The van der Waals surface area contributed by atoms with Crippen molar-refractivity contribution >= 4 is 5.69 Å². The summed E-state index contributed by atoms with van der Waals surface area (Å²) in [5.41, 5.74) is -0.147. The highest BCUT2D eigenvalue weighted by Crippen LogP contribution is 2.13. The molecule has 0 spiro atoms. The molecular formula is C9H8N2O3. The van der Waals surface area contributed by atoms with Crippen LogP contribution in [0.3, 0.4) is 0 Å². The average Bonchev–Trinajstić information content (AvgIpc) is 2.11. The van der Waals surface area contributed by atoms with Crippen LogP contribution in [0.1, 0.15) is 5.69 Å². The molecule has 14 heavy (non-hydrogen) atoms. The van der Waals surface area contributed by atoms with Gasteiger partial charge in [0.15, 0.2) is 0 Å². The summed E-state index contributed by atoms with van der Waals surface area (Å²) < 4.78 is 1.19. The normalized spacial score (nSPS) is 9.43. The van der Waals surface area contributed by atoms with Crippen molar-refractivity contribution in [3.63, 3.8) is 0 Å². The molecular weight excluding hydrogens is 184 g/mol. The minimum Gasteiger partial charge on any atom is -0.295 e.